The van der Waals surface area contributed by atoms with E-state index >= 15 is 0 Å². The molecule has 2 aromatic carbocycles. The lowest BCUT2D eigenvalue weighted by Gasteiger charge is -2.11. The third kappa shape index (κ3) is 3.62. The topological polar surface area (TPSA) is 134 Å². The highest BCUT2D eigenvalue weighted by Gasteiger charge is 2.22. The molecule has 0 atom stereocenters. The van der Waals surface area contributed by atoms with Crippen molar-refractivity contribution in [2.45, 2.75) is 6.92 Å². The molecule has 2 heterocycles. The summed E-state index contributed by atoms with van der Waals surface area (Å²) in [6, 6.07) is 12.0. The maximum atomic E-state index is 12.8. The van der Waals surface area contributed by atoms with Crippen molar-refractivity contribution < 1.29 is 19.0 Å². The summed E-state index contributed by atoms with van der Waals surface area (Å²) in [6.45, 7) is 2.40. The highest BCUT2D eigenvalue weighted by atomic mass is 16.5. The van der Waals surface area contributed by atoms with E-state index in [2.05, 4.69) is 15.0 Å². The van der Waals surface area contributed by atoms with Gasteiger partial charge in [-0.3, -0.25) is 4.79 Å². The quantitative estimate of drug-likeness (QED) is 0.455. The van der Waals surface area contributed by atoms with Crippen molar-refractivity contribution in [3.63, 3.8) is 0 Å². The molecule has 0 unspecified atom stereocenters. The average molecular weight is 435 g/mol. The molecule has 0 spiro atoms. The molecule has 0 saturated heterocycles. The van der Waals surface area contributed by atoms with Crippen LogP contribution in [-0.2, 0) is 0 Å². The minimum atomic E-state index is -0.805. The summed E-state index contributed by atoms with van der Waals surface area (Å²) in [5, 5.41) is 0. The van der Waals surface area contributed by atoms with Gasteiger partial charge in [-0.25, -0.2) is 19.3 Å². The molecule has 3 N–H and O–H groups in total. The highest BCUT2D eigenvalue weighted by molar-refractivity contribution is 6.02. The zero-order valence-corrected chi connectivity index (χ0v) is 17.7. The van der Waals surface area contributed by atoms with E-state index in [0.717, 1.165) is 0 Å². The third-order valence-electron chi connectivity index (χ3n) is 4.82. The standard InChI is InChI=1S/C22H21N5O5/c1-4-32-13-7-5-12(6-8-13)27-21-18(25-22(27)29)17(19(23)28)24-20(26-21)15-11-14(30-2)9-10-16(15)31-3/h5-11H,4H2,1-3H3,(H2,23,28)(H,25,29). The number of amides is 1. The minimum Gasteiger partial charge on any atom is -0.497 e. The first-order chi connectivity index (χ1) is 15.5. The Bertz CT molecular complexity index is 1360. The average Bonchev–Trinajstić information content (AvgIpc) is 3.14. The molecule has 0 aliphatic heterocycles. The van der Waals surface area contributed by atoms with Crippen LogP contribution in [0, 0.1) is 0 Å². The number of aromatic nitrogens is 4. The van der Waals surface area contributed by atoms with E-state index in [4.69, 9.17) is 19.9 Å². The number of benzene rings is 2. The zero-order valence-electron chi connectivity index (χ0n) is 17.7. The van der Waals surface area contributed by atoms with Gasteiger partial charge in [0, 0.05) is 0 Å². The summed E-state index contributed by atoms with van der Waals surface area (Å²) in [5.41, 5.74) is 6.31. The number of nitrogens with zero attached hydrogens (tertiary/aromatic N) is 3. The second kappa shape index (κ2) is 8.42. The van der Waals surface area contributed by atoms with Gasteiger partial charge in [-0.15, -0.1) is 0 Å². The highest BCUT2D eigenvalue weighted by Crippen LogP contribution is 2.32. The molecule has 0 radical (unpaired) electrons. The first-order valence-corrected chi connectivity index (χ1v) is 9.75. The first-order valence-electron chi connectivity index (χ1n) is 9.75. The smallest absolute Gasteiger partial charge is 0.332 e. The maximum Gasteiger partial charge on any atom is 0.332 e. The third-order valence-corrected chi connectivity index (χ3v) is 4.82. The lowest BCUT2D eigenvalue weighted by molar-refractivity contribution is 0.0997. The fourth-order valence-corrected chi connectivity index (χ4v) is 3.37. The number of hydrogen-bond donors (Lipinski definition) is 2. The van der Waals surface area contributed by atoms with Crippen molar-refractivity contribution in [2.24, 2.45) is 5.73 Å². The SMILES string of the molecule is CCOc1ccc(-n2c(=O)[nH]c3c(C(N)=O)nc(-c4cc(OC)ccc4OC)nc32)cc1. The number of fused-ring (bicyclic) bond motifs is 1. The van der Waals surface area contributed by atoms with Gasteiger partial charge in [0.25, 0.3) is 5.91 Å². The van der Waals surface area contributed by atoms with Crippen molar-refractivity contribution in [1.82, 2.24) is 19.5 Å². The van der Waals surface area contributed by atoms with Crippen LogP contribution in [0.5, 0.6) is 17.2 Å². The van der Waals surface area contributed by atoms with Gasteiger partial charge < -0.3 is 24.9 Å². The minimum absolute atomic E-state index is 0.114. The Morgan fingerprint density at radius 3 is 2.41 bits per heavy atom. The Morgan fingerprint density at radius 2 is 1.78 bits per heavy atom. The number of primary amides is 1. The molecule has 0 bridgehead atoms. The van der Waals surface area contributed by atoms with E-state index in [9.17, 15) is 9.59 Å². The van der Waals surface area contributed by atoms with Crippen LogP contribution < -0.4 is 25.6 Å². The largest absolute Gasteiger partial charge is 0.497 e. The molecule has 10 nitrogen and oxygen atoms in total. The fraction of sp³-hybridized carbons (Fsp3) is 0.182. The predicted octanol–water partition coefficient (Wildman–Crippen LogP) is 2.29. The van der Waals surface area contributed by atoms with Crippen LogP contribution in [0.25, 0.3) is 28.2 Å². The van der Waals surface area contributed by atoms with E-state index in [1.54, 1.807) is 42.5 Å². The van der Waals surface area contributed by atoms with E-state index in [1.807, 2.05) is 6.92 Å². The van der Waals surface area contributed by atoms with Gasteiger partial charge in [-0.2, -0.15) is 0 Å². The number of imidazole rings is 1. The number of methoxy groups -OCH3 is 2. The molecular weight excluding hydrogens is 414 g/mol. The fourth-order valence-electron chi connectivity index (χ4n) is 3.37. The van der Waals surface area contributed by atoms with Gasteiger partial charge in [0.05, 0.1) is 32.1 Å². The molecule has 4 rings (SSSR count). The number of H-pyrrole nitrogens is 1. The molecule has 0 aliphatic carbocycles. The molecule has 164 valence electrons. The number of ether oxygens (including phenoxy) is 3. The van der Waals surface area contributed by atoms with Crippen LogP contribution in [0.3, 0.4) is 0 Å². The number of carbonyl (C=O) groups is 1. The van der Waals surface area contributed by atoms with Crippen molar-refractivity contribution >= 4 is 17.1 Å². The molecular formula is C22H21N5O5. The summed E-state index contributed by atoms with van der Waals surface area (Å²) < 4.78 is 17.5. The molecule has 0 saturated carbocycles. The van der Waals surface area contributed by atoms with Crippen LogP contribution in [-0.4, -0.2) is 46.3 Å². The van der Waals surface area contributed by atoms with Gasteiger partial charge in [0.15, 0.2) is 17.2 Å². The number of hydrogen-bond acceptors (Lipinski definition) is 7. The van der Waals surface area contributed by atoms with Crippen LogP contribution in [0.4, 0.5) is 0 Å². The number of aromatic amines is 1. The zero-order chi connectivity index (χ0) is 22.8. The Labute approximate surface area is 182 Å². The molecule has 1 amide bonds. The van der Waals surface area contributed by atoms with Crippen LogP contribution >= 0.6 is 0 Å². The van der Waals surface area contributed by atoms with Crippen molar-refractivity contribution in [1.29, 1.82) is 0 Å². The number of rotatable bonds is 7. The Morgan fingerprint density at radius 1 is 1.06 bits per heavy atom. The molecule has 0 fully saturated rings. The number of nitrogens with two attached hydrogens (primary N) is 1. The Kier molecular flexibility index (Phi) is 5.50. The lowest BCUT2D eigenvalue weighted by Crippen LogP contribution is -2.15. The van der Waals surface area contributed by atoms with E-state index < -0.39 is 11.6 Å². The van der Waals surface area contributed by atoms with Crippen LogP contribution in [0.15, 0.2) is 47.3 Å². The second-order valence-corrected chi connectivity index (χ2v) is 6.72. The molecule has 2 aromatic heterocycles. The van der Waals surface area contributed by atoms with Gasteiger partial charge in [-0.1, -0.05) is 0 Å². The number of carbonyl (C=O) groups excluding carboxylic acids is 1. The molecule has 32 heavy (non-hydrogen) atoms. The predicted molar refractivity (Wildman–Crippen MR) is 118 cm³/mol. The molecule has 10 heteroatoms. The van der Waals surface area contributed by atoms with Crippen molar-refractivity contribution in [3.05, 3.63) is 58.6 Å². The number of nitrogens with one attached hydrogen (secondary N) is 1. The van der Waals surface area contributed by atoms with E-state index in [-0.39, 0.29) is 22.7 Å². The lowest BCUT2D eigenvalue weighted by atomic mass is 10.1. The van der Waals surface area contributed by atoms with E-state index in [1.165, 1.54) is 18.8 Å². The van der Waals surface area contributed by atoms with Crippen LogP contribution in [0.1, 0.15) is 17.4 Å². The van der Waals surface area contributed by atoms with Gasteiger partial charge >= 0.3 is 5.69 Å². The van der Waals surface area contributed by atoms with Crippen molar-refractivity contribution in [2.75, 3.05) is 20.8 Å². The van der Waals surface area contributed by atoms with Crippen LogP contribution in [0.2, 0.25) is 0 Å². The molecule has 0 aliphatic rings. The summed E-state index contributed by atoms with van der Waals surface area (Å²) in [7, 11) is 3.03. The summed E-state index contributed by atoms with van der Waals surface area (Å²) in [6.07, 6.45) is 0. The van der Waals surface area contributed by atoms with Gasteiger partial charge in [0.2, 0.25) is 0 Å². The maximum absolute atomic E-state index is 12.8. The first kappa shape index (κ1) is 20.9. The van der Waals surface area contributed by atoms with Gasteiger partial charge in [-0.05, 0) is 49.4 Å². The normalized spacial score (nSPS) is 10.8. The van der Waals surface area contributed by atoms with E-state index in [0.29, 0.717) is 35.1 Å². The Balaban J connectivity index is 1.99. The van der Waals surface area contributed by atoms with Crippen molar-refractivity contribution in [3.8, 4) is 34.3 Å². The Hall–Kier alpha value is -4.34. The monoisotopic (exact) mass is 435 g/mol. The summed E-state index contributed by atoms with van der Waals surface area (Å²) in [5.74, 6) is 1.02. The second-order valence-electron chi connectivity index (χ2n) is 6.72. The molecule has 4 aromatic rings. The summed E-state index contributed by atoms with van der Waals surface area (Å²) in [4.78, 5) is 36.5. The summed E-state index contributed by atoms with van der Waals surface area (Å²) >= 11 is 0. The van der Waals surface area contributed by atoms with Gasteiger partial charge in [0.1, 0.15) is 22.8 Å².